The van der Waals surface area contributed by atoms with Gasteiger partial charge in [0.2, 0.25) is 0 Å². The zero-order valence-electron chi connectivity index (χ0n) is 33.2. The molecule has 272 valence electrons. The van der Waals surface area contributed by atoms with Crippen LogP contribution in [0.3, 0.4) is 0 Å². The Labute approximate surface area is 339 Å². The molecule has 2 aliphatic carbocycles. The van der Waals surface area contributed by atoms with Crippen LogP contribution in [0.15, 0.2) is 170 Å². The van der Waals surface area contributed by atoms with Gasteiger partial charge in [0.05, 0.1) is 0 Å². The first-order chi connectivity index (χ1) is 28.5. The maximum absolute atomic E-state index is 2.46. The van der Waals surface area contributed by atoms with Gasteiger partial charge < -0.3 is 0 Å². The van der Waals surface area contributed by atoms with Crippen molar-refractivity contribution in [3.8, 4) is 89.0 Å². The van der Waals surface area contributed by atoms with Crippen molar-refractivity contribution in [3.63, 3.8) is 0 Å². The van der Waals surface area contributed by atoms with Crippen molar-refractivity contribution in [2.24, 2.45) is 0 Å². The summed E-state index contributed by atoms with van der Waals surface area (Å²) in [5, 5.41) is 7.98. The second-order valence-corrected chi connectivity index (χ2v) is 16.5. The highest BCUT2D eigenvalue weighted by molar-refractivity contribution is 6.35. The summed E-state index contributed by atoms with van der Waals surface area (Å²) >= 11 is 0. The summed E-state index contributed by atoms with van der Waals surface area (Å²) in [6, 6.07) is 64.1. The van der Waals surface area contributed by atoms with E-state index in [9.17, 15) is 0 Å². The van der Waals surface area contributed by atoms with Crippen LogP contribution in [0.2, 0.25) is 0 Å². The number of hydrogen-bond acceptors (Lipinski definition) is 0. The third kappa shape index (κ3) is 4.46. The summed E-state index contributed by atoms with van der Waals surface area (Å²) in [5.74, 6) is 0. The maximum Gasteiger partial charge on any atom is -0.000740 e. The normalized spacial score (nSPS) is 12.1. The zero-order chi connectivity index (χ0) is 38.8. The lowest BCUT2D eigenvalue weighted by atomic mass is 9.80. The SMILES string of the molecule is Cc1cc2c(-c3ccccc3)c3c(c(-c4ccccc4)c2cc1C)-c1ccc2c4c(ccc-3c14)-c1c-2c(-c2ccccc2)c2cc(C)c(C)cc2c1-c1ccccc1. The molecule has 0 N–H and O–H groups in total. The van der Waals surface area contributed by atoms with Gasteiger partial charge in [0.15, 0.2) is 0 Å². The van der Waals surface area contributed by atoms with E-state index >= 15 is 0 Å². The van der Waals surface area contributed by atoms with Gasteiger partial charge in [-0.25, -0.2) is 0 Å². The van der Waals surface area contributed by atoms with E-state index in [0.717, 1.165) is 0 Å². The molecule has 0 atom stereocenters. The Bertz CT molecular complexity index is 2920. The third-order valence-electron chi connectivity index (χ3n) is 13.3. The summed E-state index contributed by atoms with van der Waals surface area (Å²) in [5.41, 5.74) is 26.3. The van der Waals surface area contributed by atoms with E-state index in [-0.39, 0.29) is 0 Å². The van der Waals surface area contributed by atoms with Crippen LogP contribution in [-0.4, -0.2) is 0 Å². The molecule has 0 nitrogen and oxygen atoms in total. The summed E-state index contributed by atoms with van der Waals surface area (Å²) in [6.45, 7) is 9.03. The average molecular weight is 737 g/mol. The fourth-order valence-corrected chi connectivity index (χ4v) is 10.5. The first kappa shape index (κ1) is 33.2. The lowest BCUT2D eigenvalue weighted by molar-refractivity contribution is 1.37. The molecule has 0 fully saturated rings. The van der Waals surface area contributed by atoms with Crippen LogP contribution in [0, 0.1) is 27.7 Å². The third-order valence-corrected chi connectivity index (χ3v) is 13.3. The molecule has 58 heavy (non-hydrogen) atoms. The van der Waals surface area contributed by atoms with Gasteiger partial charge in [0.1, 0.15) is 0 Å². The molecule has 12 rings (SSSR count). The zero-order valence-corrected chi connectivity index (χ0v) is 33.2. The van der Waals surface area contributed by atoms with Crippen LogP contribution in [0.25, 0.3) is 121 Å². The molecule has 0 spiro atoms. The van der Waals surface area contributed by atoms with Gasteiger partial charge in [-0.05, 0) is 171 Å². The average Bonchev–Trinajstić information content (AvgIpc) is 3.76. The quantitative estimate of drug-likeness (QED) is 0.169. The predicted molar refractivity (Wildman–Crippen MR) is 249 cm³/mol. The highest BCUT2D eigenvalue weighted by Gasteiger charge is 2.37. The molecule has 0 heterocycles. The molecule has 10 aromatic rings. The minimum absolute atomic E-state index is 1.25. The standard InChI is InChI=1S/C58H40/c1-33-29-45-46(30-34(33)2)50(38-19-11-6-12-20-38)56-42-27-28-44-54-43(26-25-41(53(42)54)55(56)49(45)37-17-9-5-10-18-37)57-51(39-21-13-7-14-22-39)47-31-35(3)36(4)32-48(47)52(58(44)57)40-23-15-8-16-24-40/h5-32H,1-4H3. The van der Waals surface area contributed by atoms with Gasteiger partial charge in [0.25, 0.3) is 0 Å². The van der Waals surface area contributed by atoms with E-state index in [4.69, 9.17) is 0 Å². The molecular formula is C58H40. The summed E-state index contributed by atoms with van der Waals surface area (Å²) in [7, 11) is 0. The smallest absolute Gasteiger partial charge is 0.000740 e. The Hall–Kier alpha value is -7.02. The molecule has 2 aliphatic rings. The number of rotatable bonds is 4. The fourth-order valence-electron chi connectivity index (χ4n) is 10.5. The Morgan fingerprint density at radius 3 is 0.638 bits per heavy atom. The monoisotopic (exact) mass is 736 g/mol. The Morgan fingerprint density at radius 1 is 0.224 bits per heavy atom. The van der Waals surface area contributed by atoms with E-state index in [1.807, 2.05) is 0 Å². The minimum atomic E-state index is 1.25. The topological polar surface area (TPSA) is 0 Å². The van der Waals surface area contributed by atoms with Crippen molar-refractivity contribution in [2.45, 2.75) is 27.7 Å². The van der Waals surface area contributed by atoms with Crippen molar-refractivity contribution in [1.82, 2.24) is 0 Å². The molecule has 0 unspecified atom stereocenters. The number of benzene rings is 10. The molecule has 10 aromatic carbocycles. The lowest BCUT2D eigenvalue weighted by Crippen LogP contribution is -1.96. The number of fused-ring (bicyclic) bond motifs is 8. The first-order valence-corrected chi connectivity index (χ1v) is 20.5. The van der Waals surface area contributed by atoms with Gasteiger partial charge in [0, 0.05) is 0 Å². The van der Waals surface area contributed by atoms with Gasteiger partial charge in [-0.15, -0.1) is 0 Å². The Kier molecular flexibility index (Phi) is 7.00. The van der Waals surface area contributed by atoms with Gasteiger partial charge in [-0.2, -0.15) is 0 Å². The highest BCUT2D eigenvalue weighted by Crippen LogP contribution is 2.64. The van der Waals surface area contributed by atoms with Crippen molar-refractivity contribution in [2.75, 3.05) is 0 Å². The number of hydrogen-bond donors (Lipinski definition) is 0. The van der Waals surface area contributed by atoms with Gasteiger partial charge >= 0.3 is 0 Å². The molecule has 0 aliphatic heterocycles. The largest absolute Gasteiger partial charge is 0.0622 e. The van der Waals surface area contributed by atoms with E-state index in [0.29, 0.717) is 0 Å². The van der Waals surface area contributed by atoms with Crippen LogP contribution in [0.1, 0.15) is 22.3 Å². The molecular weight excluding hydrogens is 697 g/mol. The van der Waals surface area contributed by atoms with Crippen molar-refractivity contribution in [1.29, 1.82) is 0 Å². The highest BCUT2D eigenvalue weighted by atomic mass is 14.4. The maximum atomic E-state index is 2.46. The second-order valence-electron chi connectivity index (χ2n) is 16.5. The van der Waals surface area contributed by atoms with Gasteiger partial charge in [-0.3, -0.25) is 0 Å². The number of aryl methyl sites for hydroxylation is 4. The van der Waals surface area contributed by atoms with Crippen molar-refractivity contribution in [3.05, 3.63) is 192 Å². The summed E-state index contributed by atoms with van der Waals surface area (Å²) in [4.78, 5) is 0. The van der Waals surface area contributed by atoms with Crippen LogP contribution < -0.4 is 0 Å². The first-order valence-electron chi connectivity index (χ1n) is 20.5. The van der Waals surface area contributed by atoms with Crippen molar-refractivity contribution < 1.29 is 0 Å². The molecule has 0 saturated carbocycles. The summed E-state index contributed by atoms with van der Waals surface area (Å²) < 4.78 is 0. The van der Waals surface area contributed by atoms with E-state index in [1.54, 1.807) is 0 Å². The second kappa shape index (κ2) is 12.2. The molecule has 0 amide bonds. The van der Waals surface area contributed by atoms with E-state index in [1.165, 1.54) is 144 Å². The molecule has 0 aromatic heterocycles. The summed E-state index contributed by atoms with van der Waals surface area (Å²) in [6.07, 6.45) is 0. The van der Waals surface area contributed by atoms with Crippen LogP contribution >= 0.6 is 0 Å². The van der Waals surface area contributed by atoms with Crippen LogP contribution in [0.5, 0.6) is 0 Å². The molecule has 0 saturated heterocycles. The van der Waals surface area contributed by atoms with Crippen LogP contribution in [0.4, 0.5) is 0 Å². The fraction of sp³-hybridized carbons (Fsp3) is 0.0690. The van der Waals surface area contributed by atoms with Gasteiger partial charge in [-0.1, -0.05) is 170 Å². The molecule has 0 radical (unpaired) electrons. The van der Waals surface area contributed by atoms with E-state index < -0.39 is 0 Å². The Morgan fingerprint density at radius 2 is 0.431 bits per heavy atom. The predicted octanol–water partition coefficient (Wildman–Crippen LogP) is 16.3. The molecule has 0 heteroatoms. The molecule has 0 bridgehead atoms. The Balaban J connectivity index is 1.29. The lowest BCUT2D eigenvalue weighted by Gasteiger charge is -2.22. The van der Waals surface area contributed by atoms with Crippen molar-refractivity contribution >= 4 is 32.3 Å². The van der Waals surface area contributed by atoms with E-state index in [2.05, 4.69) is 198 Å². The van der Waals surface area contributed by atoms with Crippen LogP contribution in [-0.2, 0) is 0 Å². The minimum Gasteiger partial charge on any atom is -0.0622 e.